The summed E-state index contributed by atoms with van der Waals surface area (Å²) in [6.45, 7) is 2.26. The molecule has 1 heterocycles. The molecule has 104 valence electrons. The van der Waals surface area contributed by atoms with E-state index in [0.29, 0.717) is 17.8 Å². The molecule has 0 spiro atoms. The first-order valence-electron chi connectivity index (χ1n) is 6.04. The fourth-order valence-corrected chi connectivity index (χ4v) is 2.37. The number of urea groups is 1. The van der Waals surface area contributed by atoms with Gasteiger partial charge in [0.25, 0.3) is 0 Å². The minimum absolute atomic E-state index is 0.322. The second kappa shape index (κ2) is 6.21. The van der Waals surface area contributed by atoms with Crippen molar-refractivity contribution in [2.45, 2.75) is 13.5 Å². The normalized spacial score (nSPS) is 10.1. The number of anilines is 1. The summed E-state index contributed by atoms with van der Waals surface area (Å²) < 4.78 is 0. The zero-order valence-corrected chi connectivity index (χ0v) is 11.8. The van der Waals surface area contributed by atoms with Crippen LogP contribution in [-0.2, 0) is 6.54 Å². The van der Waals surface area contributed by atoms with Crippen molar-refractivity contribution in [1.82, 2.24) is 5.32 Å². The summed E-state index contributed by atoms with van der Waals surface area (Å²) in [6, 6.07) is 8.60. The van der Waals surface area contributed by atoms with E-state index in [2.05, 4.69) is 10.6 Å². The van der Waals surface area contributed by atoms with Crippen LogP contribution in [0.2, 0.25) is 0 Å². The van der Waals surface area contributed by atoms with Gasteiger partial charge in [-0.1, -0.05) is 12.1 Å². The minimum atomic E-state index is -0.509. The third kappa shape index (κ3) is 3.58. The number of rotatable bonds is 4. The Kier molecular flexibility index (Phi) is 4.37. The summed E-state index contributed by atoms with van der Waals surface area (Å²) in [7, 11) is 0. The first kappa shape index (κ1) is 14.1. The Morgan fingerprint density at radius 2 is 2.10 bits per heavy atom. The lowest BCUT2D eigenvalue weighted by molar-refractivity contribution is 0.0999. The summed E-state index contributed by atoms with van der Waals surface area (Å²) in [6.07, 6.45) is 0. The van der Waals surface area contributed by atoms with Crippen molar-refractivity contribution >= 4 is 29.0 Å². The Bertz CT molecular complexity index is 623. The molecule has 0 atom stereocenters. The number of carbonyl (C=O) groups is 2. The predicted molar refractivity (Wildman–Crippen MR) is 79.9 cm³/mol. The quantitative estimate of drug-likeness (QED) is 0.808. The van der Waals surface area contributed by atoms with Crippen LogP contribution in [0.5, 0.6) is 0 Å². The van der Waals surface area contributed by atoms with Crippen molar-refractivity contribution in [3.8, 4) is 0 Å². The van der Waals surface area contributed by atoms with Crippen molar-refractivity contribution in [2.75, 3.05) is 5.32 Å². The van der Waals surface area contributed by atoms with Gasteiger partial charge in [-0.2, -0.15) is 0 Å². The van der Waals surface area contributed by atoms with Gasteiger partial charge in [-0.3, -0.25) is 4.79 Å². The van der Waals surface area contributed by atoms with Crippen molar-refractivity contribution in [3.63, 3.8) is 0 Å². The van der Waals surface area contributed by atoms with Crippen molar-refractivity contribution in [1.29, 1.82) is 0 Å². The van der Waals surface area contributed by atoms with Gasteiger partial charge in [0.2, 0.25) is 5.91 Å². The highest BCUT2D eigenvalue weighted by Gasteiger charge is 2.08. The molecule has 0 saturated carbocycles. The van der Waals surface area contributed by atoms with Crippen LogP contribution >= 0.6 is 11.3 Å². The van der Waals surface area contributed by atoms with Crippen molar-refractivity contribution in [3.05, 3.63) is 51.7 Å². The molecule has 2 rings (SSSR count). The van der Waals surface area contributed by atoms with Gasteiger partial charge < -0.3 is 16.4 Å². The van der Waals surface area contributed by atoms with Gasteiger partial charge in [0, 0.05) is 16.1 Å². The lowest BCUT2D eigenvalue weighted by Gasteiger charge is -2.09. The molecule has 0 aliphatic heterocycles. The fraction of sp³-hybridized carbons (Fsp3) is 0.143. The Balaban J connectivity index is 1.97. The Labute approximate surface area is 120 Å². The average Bonchev–Trinajstić information content (AvgIpc) is 2.91. The average molecular weight is 289 g/mol. The van der Waals surface area contributed by atoms with Gasteiger partial charge in [-0.15, -0.1) is 11.3 Å². The standard InChI is InChI=1S/C14H15N3O2S/c1-9-4-5-10(7-12(9)13(15)18)17-14(19)16-8-11-3-2-6-20-11/h2-7H,8H2,1H3,(H2,15,18)(H2,16,17,19). The first-order chi connectivity index (χ1) is 9.56. The second-order valence-corrected chi connectivity index (χ2v) is 5.31. The van der Waals surface area contributed by atoms with Crippen LogP contribution in [0.15, 0.2) is 35.7 Å². The van der Waals surface area contributed by atoms with Crippen molar-refractivity contribution < 1.29 is 9.59 Å². The molecule has 0 saturated heterocycles. The number of carbonyl (C=O) groups excluding carboxylic acids is 2. The summed E-state index contributed by atoms with van der Waals surface area (Å²) in [5.41, 5.74) is 6.99. The van der Waals surface area contributed by atoms with Gasteiger partial charge in [0.15, 0.2) is 0 Å². The number of nitrogens with one attached hydrogen (secondary N) is 2. The second-order valence-electron chi connectivity index (χ2n) is 4.28. The Morgan fingerprint density at radius 1 is 1.30 bits per heavy atom. The number of hydrogen-bond acceptors (Lipinski definition) is 3. The maximum absolute atomic E-state index is 11.7. The SMILES string of the molecule is Cc1ccc(NC(=O)NCc2cccs2)cc1C(N)=O. The molecule has 0 unspecified atom stereocenters. The Morgan fingerprint density at radius 3 is 2.75 bits per heavy atom. The van der Waals surface area contributed by atoms with Crippen LogP contribution in [0, 0.1) is 6.92 Å². The molecule has 0 aliphatic rings. The Hall–Kier alpha value is -2.34. The zero-order chi connectivity index (χ0) is 14.5. The van der Waals surface area contributed by atoms with E-state index in [-0.39, 0.29) is 6.03 Å². The summed E-state index contributed by atoms with van der Waals surface area (Å²) in [5, 5.41) is 7.37. The highest BCUT2D eigenvalue weighted by Crippen LogP contribution is 2.15. The molecule has 0 bridgehead atoms. The topological polar surface area (TPSA) is 84.2 Å². The molecular weight excluding hydrogens is 274 g/mol. The van der Waals surface area contributed by atoms with Gasteiger partial charge in [0.1, 0.15) is 0 Å². The van der Waals surface area contributed by atoms with E-state index in [1.807, 2.05) is 17.5 Å². The van der Waals surface area contributed by atoms with Gasteiger partial charge in [0.05, 0.1) is 6.54 Å². The molecule has 6 heteroatoms. The summed E-state index contributed by atoms with van der Waals surface area (Å²) in [4.78, 5) is 24.0. The lowest BCUT2D eigenvalue weighted by Crippen LogP contribution is -2.28. The van der Waals surface area contributed by atoms with E-state index in [1.54, 1.807) is 36.5 Å². The first-order valence-corrected chi connectivity index (χ1v) is 6.92. The third-order valence-corrected chi connectivity index (χ3v) is 3.64. The molecule has 1 aromatic heterocycles. The van der Waals surface area contributed by atoms with Gasteiger partial charge in [-0.25, -0.2) is 4.79 Å². The highest BCUT2D eigenvalue weighted by molar-refractivity contribution is 7.09. The largest absolute Gasteiger partial charge is 0.366 e. The number of aryl methyl sites for hydroxylation is 1. The number of nitrogens with two attached hydrogens (primary N) is 1. The molecule has 1 aromatic carbocycles. The highest BCUT2D eigenvalue weighted by atomic mass is 32.1. The number of benzene rings is 1. The molecule has 20 heavy (non-hydrogen) atoms. The molecule has 5 nitrogen and oxygen atoms in total. The molecule has 0 fully saturated rings. The fourth-order valence-electron chi connectivity index (χ4n) is 1.72. The number of amides is 3. The summed E-state index contributed by atoms with van der Waals surface area (Å²) >= 11 is 1.58. The molecule has 3 amide bonds. The number of thiophene rings is 1. The van der Waals surface area contributed by atoms with E-state index in [4.69, 9.17) is 5.73 Å². The van der Waals surface area contributed by atoms with E-state index < -0.39 is 5.91 Å². The van der Waals surface area contributed by atoms with Gasteiger partial charge in [-0.05, 0) is 36.1 Å². The number of primary amides is 1. The van der Waals surface area contributed by atoms with E-state index in [0.717, 1.165) is 10.4 Å². The molecule has 4 N–H and O–H groups in total. The molecule has 2 aromatic rings. The van der Waals surface area contributed by atoms with Crippen LogP contribution in [0.4, 0.5) is 10.5 Å². The third-order valence-electron chi connectivity index (χ3n) is 2.76. The van der Waals surface area contributed by atoms with Crippen LogP contribution < -0.4 is 16.4 Å². The van der Waals surface area contributed by atoms with Crippen molar-refractivity contribution in [2.24, 2.45) is 5.73 Å². The van der Waals surface area contributed by atoms with Crippen LogP contribution in [0.1, 0.15) is 20.8 Å². The summed E-state index contributed by atoms with van der Waals surface area (Å²) in [5.74, 6) is -0.509. The maximum Gasteiger partial charge on any atom is 0.319 e. The van der Waals surface area contributed by atoms with Crippen LogP contribution in [0.3, 0.4) is 0 Å². The van der Waals surface area contributed by atoms with E-state index in [9.17, 15) is 9.59 Å². The smallest absolute Gasteiger partial charge is 0.319 e. The van der Waals surface area contributed by atoms with E-state index >= 15 is 0 Å². The van der Waals surface area contributed by atoms with Gasteiger partial charge >= 0.3 is 6.03 Å². The van der Waals surface area contributed by atoms with E-state index in [1.165, 1.54) is 0 Å². The zero-order valence-electron chi connectivity index (χ0n) is 11.0. The molecule has 0 radical (unpaired) electrons. The molecular formula is C14H15N3O2S. The van der Waals surface area contributed by atoms with Crippen LogP contribution in [0.25, 0.3) is 0 Å². The maximum atomic E-state index is 11.7. The monoisotopic (exact) mass is 289 g/mol. The molecule has 0 aliphatic carbocycles. The van der Waals surface area contributed by atoms with Crippen LogP contribution in [-0.4, -0.2) is 11.9 Å². The predicted octanol–water partition coefficient (Wildman–Crippen LogP) is 2.48. The minimum Gasteiger partial charge on any atom is -0.366 e. The number of hydrogen-bond donors (Lipinski definition) is 3. The lowest BCUT2D eigenvalue weighted by atomic mass is 10.1.